The van der Waals surface area contributed by atoms with Crippen molar-refractivity contribution in [3.8, 4) is 11.1 Å². The molecule has 0 amide bonds. The largest absolute Gasteiger partial charge is 0.396 e. The Morgan fingerprint density at radius 1 is 0.826 bits per heavy atom. The maximum Gasteiger partial charge on any atom is 0.0790 e. The van der Waals surface area contributed by atoms with Crippen LogP contribution in [-0.2, 0) is 0 Å². The third-order valence-electron chi connectivity index (χ3n) is 4.15. The van der Waals surface area contributed by atoms with Crippen LogP contribution in [0.15, 0.2) is 48.5 Å². The molecule has 0 aliphatic heterocycles. The summed E-state index contributed by atoms with van der Waals surface area (Å²) in [5, 5.41) is 19.0. The van der Waals surface area contributed by atoms with Crippen LogP contribution in [0.25, 0.3) is 11.1 Å². The van der Waals surface area contributed by atoms with Gasteiger partial charge < -0.3 is 15.1 Å². The number of aliphatic hydroxyl groups excluding tert-OH is 2. The van der Waals surface area contributed by atoms with Gasteiger partial charge in [-0.2, -0.15) is 0 Å². The zero-order valence-electron chi connectivity index (χ0n) is 14.1. The molecule has 1 atom stereocenters. The van der Waals surface area contributed by atoms with E-state index in [9.17, 15) is 5.11 Å². The van der Waals surface area contributed by atoms with Gasteiger partial charge in [-0.1, -0.05) is 49.2 Å². The van der Waals surface area contributed by atoms with Crippen LogP contribution >= 0.6 is 0 Å². The van der Waals surface area contributed by atoms with Gasteiger partial charge in [-0.05, 0) is 41.7 Å². The lowest BCUT2D eigenvalue weighted by Gasteiger charge is -2.14. The van der Waals surface area contributed by atoms with E-state index in [4.69, 9.17) is 5.11 Å². The molecule has 0 bridgehead atoms. The molecule has 0 saturated carbocycles. The summed E-state index contributed by atoms with van der Waals surface area (Å²) in [4.78, 5) is 2.08. The first kappa shape index (κ1) is 17.5. The molecule has 0 spiro atoms. The molecular weight excluding hydrogens is 286 g/mol. The van der Waals surface area contributed by atoms with Crippen molar-refractivity contribution in [1.82, 2.24) is 0 Å². The minimum Gasteiger partial charge on any atom is -0.396 e. The number of anilines is 1. The van der Waals surface area contributed by atoms with Gasteiger partial charge in [0, 0.05) is 26.4 Å². The molecule has 0 aliphatic carbocycles. The van der Waals surface area contributed by atoms with E-state index in [-0.39, 0.29) is 6.61 Å². The second-order valence-electron chi connectivity index (χ2n) is 6.15. The second-order valence-corrected chi connectivity index (χ2v) is 6.15. The van der Waals surface area contributed by atoms with Crippen molar-refractivity contribution in [2.45, 2.75) is 31.8 Å². The summed E-state index contributed by atoms with van der Waals surface area (Å²) >= 11 is 0. The standard InChI is InChI=1S/C20H27NO2/c1-21(2)19-13-11-17(12-14-19)16-7-9-18(10-8-16)20(23)6-4-3-5-15-22/h7-14,20,22-23H,3-6,15H2,1-2H3. The van der Waals surface area contributed by atoms with Crippen LogP contribution in [-0.4, -0.2) is 30.9 Å². The molecule has 1 unspecified atom stereocenters. The minimum atomic E-state index is -0.418. The molecule has 0 aliphatic rings. The van der Waals surface area contributed by atoms with Crippen molar-refractivity contribution in [1.29, 1.82) is 0 Å². The van der Waals surface area contributed by atoms with Gasteiger partial charge in [-0.15, -0.1) is 0 Å². The lowest BCUT2D eigenvalue weighted by atomic mass is 9.99. The SMILES string of the molecule is CN(C)c1ccc(-c2ccc(C(O)CCCCCO)cc2)cc1. The fourth-order valence-electron chi connectivity index (χ4n) is 2.64. The maximum atomic E-state index is 10.2. The highest BCUT2D eigenvalue weighted by atomic mass is 16.3. The van der Waals surface area contributed by atoms with Crippen LogP contribution < -0.4 is 4.90 Å². The second kappa shape index (κ2) is 8.70. The van der Waals surface area contributed by atoms with Crippen LogP contribution in [0.4, 0.5) is 5.69 Å². The van der Waals surface area contributed by atoms with E-state index in [1.165, 1.54) is 11.3 Å². The predicted molar refractivity (Wildman–Crippen MR) is 96.7 cm³/mol. The van der Waals surface area contributed by atoms with Gasteiger partial charge in [0.2, 0.25) is 0 Å². The molecule has 2 N–H and O–H groups in total. The molecule has 0 fully saturated rings. The Morgan fingerprint density at radius 3 is 1.91 bits per heavy atom. The van der Waals surface area contributed by atoms with Gasteiger partial charge in [0.1, 0.15) is 0 Å². The monoisotopic (exact) mass is 313 g/mol. The summed E-state index contributed by atoms with van der Waals surface area (Å²) in [5.74, 6) is 0. The van der Waals surface area contributed by atoms with Crippen molar-refractivity contribution < 1.29 is 10.2 Å². The molecule has 0 saturated heterocycles. The van der Waals surface area contributed by atoms with Crippen LogP contribution in [0.3, 0.4) is 0 Å². The third-order valence-corrected chi connectivity index (χ3v) is 4.15. The van der Waals surface area contributed by atoms with E-state index >= 15 is 0 Å². The Hall–Kier alpha value is -1.84. The first-order chi connectivity index (χ1) is 11.1. The first-order valence-electron chi connectivity index (χ1n) is 8.28. The first-order valence-corrected chi connectivity index (χ1v) is 8.28. The number of hydrogen-bond acceptors (Lipinski definition) is 3. The number of rotatable bonds is 8. The molecule has 0 radical (unpaired) electrons. The fraction of sp³-hybridized carbons (Fsp3) is 0.400. The molecule has 0 aromatic heterocycles. The zero-order chi connectivity index (χ0) is 16.7. The summed E-state index contributed by atoms with van der Waals surface area (Å²) in [7, 11) is 4.07. The molecular formula is C20H27NO2. The molecule has 3 heteroatoms. The molecule has 2 rings (SSSR count). The zero-order valence-corrected chi connectivity index (χ0v) is 14.1. The summed E-state index contributed by atoms with van der Waals surface area (Å²) in [6.07, 6.45) is 3.05. The lowest BCUT2D eigenvalue weighted by molar-refractivity contribution is 0.162. The Balaban J connectivity index is 1.98. The number of nitrogens with zero attached hydrogens (tertiary/aromatic N) is 1. The normalized spacial score (nSPS) is 12.2. The Bertz CT molecular complexity index is 576. The predicted octanol–water partition coefficient (Wildman–Crippen LogP) is 4.01. The minimum absolute atomic E-state index is 0.234. The maximum absolute atomic E-state index is 10.2. The van der Waals surface area contributed by atoms with E-state index in [2.05, 4.69) is 41.3 Å². The lowest BCUT2D eigenvalue weighted by Crippen LogP contribution is -2.07. The van der Waals surface area contributed by atoms with E-state index in [0.717, 1.165) is 36.8 Å². The average Bonchev–Trinajstić information content (AvgIpc) is 2.59. The van der Waals surface area contributed by atoms with Crippen LogP contribution in [0, 0.1) is 0 Å². The molecule has 23 heavy (non-hydrogen) atoms. The van der Waals surface area contributed by atoms with Gasteiger partial charge in [0.05, 0.1) is 6.10 Å². The van der Waals surface area contributed by atoms with Gasteiger partial charge in [-0.25, -0.2) is 0 Å². The Morgan fingerprint density at radius 2 is 1.39 bits per heavy atom. The highest BCUT2D eigenvalue weighted by Gasteiger charge is 2.07. The van der Waals surface area contributed by atoms with Crippen LogP contribution in [0.1, 0.15) is 37.4 Å². The van der Waals surface area contributed by atoms with Crippen molar-refractivity contribution in [3.05, 3.63) is 54.1 Å². The summed E-state index contributed by atoms with van der Waals surface area (Å²) in [6.45, 7) is 0.234. The highest BCUT2D eigenvalue weighted by molar-refractivity contribution is 5.66. The van der Waals surface area contributed by atoms with Crippen molar-refractivity contribution in [2.75, 3.05) is 25.6 Å². The molecule has 0 heterocycles. The quantitative estimate of drug-likeness (QED) is 0.724. The smallest absolute Gasteiger partial charge is 0.0790 e. The third kappa shape index (κ3) is 5.08. The van der Waals surface area contributed by atoms with Crippen molar-refractivity contribution >= 4 is 5.69 Å². The summed E-state index contributed by atoms with van der Waals surface area (Å²) in [6, 6.07) is 16.6. The van der Waals surface area contributed by atoms with Crippen LogP contribution in [0.5, 0.6) is 0 Å². The highest BCUT2D eigenvalue weighted by Crippen LogP contribution is 2.26. The molecule has 124 valence electrons. The van der Waals surface area contributed by atoms with E-state index in [0.29, 0.717) is 0 Å². The molecule has 2 aromatic carbocycles. The molecule has 3 nitrogen and oxygen atoms in total. The number of benzene rings is 2. The Labute approximate surface area is 139 Å². The summed E-state index contributed by atoms with van der Waals surface area (Å²) in [5.41, 5.74) is 4.48. The Kier molecular flexibility index (Phi) is 6.63. The number of aliphatic hydroxyl groups is 2. The summed E-state index contributed by atoms with van der Waals surface area (Å²) < 4.78 is 0. The average molecular weight is 313 g/mol. The van der Waals surface area contributed by atoms with Crippen molar-refractivity contribution in [2.24, 2.45) is 0 Å². The fourth-order valence-corrected chi connectivity index (χ4v) is 2.64. The van der Waals surface area contributed by atoms with Gasteiger partial charge >= 0.3 is 0 Å². The number of unbranched alkanes of at least 4 members (excludes halogenated alkanes) is 2. The van der Waals surface area contributed by atoms with E-state index in [1.54, 1.807) is 0 Å². The van der Waals surface area contributed by atoms with E-state index in [1.807, 2.05) is 26.2 Å². The van der Waals surface area contributed by atoms with Gasteiger partial charge in [0.25, 0.3) is 0 Å². The number of hydrogen-bond donors (Lipinski definition) is 2. The van der Waals surface area contributed by atoms with Gasteiger partial charge in [-0.3, -0.25) is 0 Å². The van der Waals surface area contributed by atoms with Crippen LogP contribution in [0.2, 0.25) is 0 Å². The van der Waals surface area contributed by atoms with E-state index < -0.39 is 6.10 Å². The van der Waals surface area contributed by atoms with Gasteiger partial charge in [0.15, 0.2) is 0 Å². The van der Waals surface area contributed by atoms with Crippen molar-refractivity contribution in [3.63, 3.8) is 0 Å². The topological polar surface area (TPSA) is 43.7 Å². The molecule has 2 aromatic rings.